The molecule has 0 saturated carbocycles. The molecule has 1 aromatic heterocycles. The first kappa shape index (κ1) is 35.1. The molecular weight excluding hydrogens is 489 g/mol. The molecule has 2 N–H and O–H groups in total. The Balaban J connectivity index is -0.000000374. The van der Waals surface area contributed by atoms with Crippen molar-refractivity contribution in [3.8, 4) is 0 Å². The summed E-state index contributed by atoms with van der Waals surface area (Å²) < 4.78 is 0. The standard InChI is InChI=1S/C9H20N3.C7H8O2.C5H5N.C3H8.CH4.Ru/c1-10-5-7-11(2)8-9-4-6-12(9)3;8-6-4-2-1-3-5-7(6)9;1-2-4-6-5-3-1;1-3-2;;/h9H,4-8H2,1-3H3;1-4,8-9H,5H2;1-5H;3H2,1-2H3;1H4;/q-1;;;;;+3. The minimum absolute atomic E-state index is 0. The summed E-state index contributed by atoms with van der Waals surface area (Å²) in [5.41, 5.74) is 0. The van der Waals surface area contributed by atoms with Crippen LogP contribution in [0.4, 0.5) is 0 Å². The first-order valence-electron chi connectivity index (χ1n) is 10.7. The van der Waals surface area contributed by atoms with Crippen LogP contribution in [0.15, 0.2) is 66.4 Å². The number of aromatic nitrogens is 1. The van der Waals surface area contributed by atoms with Crippen LogP contribution in [0.1, 0.15) is 40.5 Å². The summed E-state index contributed by atoms with van der Waals surface area (Å²) in [7, 11) is 6.26. The van der Waals surface area contributed by atoms with Gasteiger partial charge in [-0.2, -0.15) is 7.05 Å². The minimum atomic E-state index is -0.0417. The zero-order valence-corrected chi connectivity index (χ0v) is 21.5. The smallest absolute Gasteiger partial charge is 0.664 e. The van der Waals surface area contributed by atoms with E-state index in [1.807, 2.05) is 25.2 Å². The summed E-state index contributed by atoms with van der Waals surface area (Å²) in [6.45, 7) is 8.79. The topological polar surface area (TPSA) is 73.9 Å². The summed E-state index contributed by atoms with van der Waals surface area (Å²) in [5, 5.41) is 21.8. The van der Waals surface area contributed by atoms with Crippen molar-refractivity contribution in [2.45, 2.75) is 46.6 Å². The Kier molecular flexibility index (Phi) is 26.4. The van der Waals surface area contributed by atoms with Crippen molar-refractivity contribution in [3.05, 3.63) is 71.7 Å². The number of likely N-dealkylation sites (N-methyl/N-ethyl adjacent to an activating group) is 3. The normalized spacial score (nSPS) is 16.4. The molecule has 32 heavy (non-hydrogen) atoms. The van der Waals surface area contributed by atoms with Gasteiger partial charge in [0.05, 0.1) is 0 Å². The number of nitrogens with zero attached hydrogens (tertiary/aromatic N) is 4. The van der Waals surface area contributed by atoms with E-state index in [0.717, 1.165) is 19.1 Å². The first-order valence-corrected chi connectivity index (χ1v) is 10.7. The zero-order chi connectivity index (χ0) is 22.6. The van der Waals surface area contributed by atoms with Gasteiger partial charge in [0.15, 0.2) is 5.76 Å². The van der Waals surface area contributed by atoms with Gasteiger partial charge in [-0.1, -0.05) is 52.0 Å². The van der Waals surface area contributed by atoms with E-state index in [-0.39, 0.29) is 38.4 Å². The number of rotatable bonds is 5. The maximum atomic E-state index is 8.88. The third-order valence-corrected chi connectivity index (χ3v) is 4.34. The molecule has 0 aromatic carbocycles. The maximum absolute atomic E-state index is 8.88. The molecule has 1 aliphatic heterocycles. The van der Waals surface area contributed by atoms with E-state index in [2.05, 4.69) is 48.0 Å². The Morgan fingerprint density at radius 2 is 1.78 bits per heavy atom. The number of allylic oxidation sites excluding steroid dienone is 4. The van der Waals surface area contributed by atoms with Crippen LogP contribution in [0.2, 0.25) is 0 Å². The zero-order valence-electron chi connectivity index (χ0n) is 19.8. The van der Waals surface area contributed by atoms with Gasteiger partial charge in [0.25, 0.3) is 0 Å². The minimum Gasteiger partial charge on any atom is -0.664 e. The van der Waals surface area contributed by atoms with E-state index in [4.69, 9.17) is 10.2 Å². The Bertz CT molecular complexity index is 583. The number of likely N-dealkylation sites (tertiary alicyclic amines) is 1. The van der Waals surface area contributed by atoms with Crippen LogP contribution in [0.5, 0.6) is 0 Å². The molecule has 1 aliphatic carbocycles. The molecule has 1 aromatic rings. The van der Waals surface area contributed by atoms with Crippen molar-refractivity contribution in [2.24, 2.45) is 0 Å². The van der Waals surface area contributed by atoms with Gasteiger partial charge in [-0.15, -0.1) is 6.54 Å². The van der Waals surface area contributed by atoms with Crippen molar-refractivity contribution < 1.29 is 29.7 Å². The molecule has 183 valence electrons. The van der Waals surface area contributed by atoms with Crippen LogP contribution in [0.25, 0.3) is 5.32 Å². The second kappa shape index (κ2) is 24.1. The fraction of sp³-hybridized carbons (Fsp3) is 0.560. The first-order chi connectivity index (χ1) is 14.5. The Hall–Kier alpha value is -1.53. The molecule has 0 spiro atoms. The van der Waals surface area contributed by atoms with E-state index < -0.39 is 0 Å². The Labute approximate surface area is 209 Å². The summed E-state index contributed by atoms with van der Waals surface area (Å²) in [6, 6.07) is 6.51. The SMILES string of the molecule is C.CCC.C[N-]CCN(C)CC1CCN1C.OC1=C(O)CC=CC=C1.[Ru+3].c1ccncc1. The number of hydrogen-bond acceptors (Lipinski definition) is 5. The molecule has 3 rings (SSSR count). The summed E-state index contributed by atoms with van der Waals surface area (Å²) in [5.74, 6) is -0.0139. The van der Waals surface area contributed by atoms with E-state index in [1.165, 1.54) is 32.0 Å². The molecule has 1 atom stereocenters. The number of aliphatic hydroxyl groups excluding tert-OH is 2. The summed E-state index contributed by atoms with van der Waals surface area (Å²) in [4.78, 5) is 8.57. The van der Waals surface area contributed by atoms with Gasteiger partial charge in [-0.25, -0.2) is 0 Å². The van der Waals surface area contributed by atoms with Crippen LogP contribution in [0, 0.1) is 0 Å². The van der Waals surface area contributed by atoms with Crippen LogP contribution in [0.3, 0.4) is 0 Å². The second-order valence-corrected chi connectivity index (χ2v) is 7.28. The van der Waals surface area contributed by atoms with Gasteiger partial charge in [0.1, 0.15) is 5.76 Å². The fourth-order valence-electron chi connectivity index (χ4n) is 2.44. The summed E-state index contributed by atoms with van der Waals surface area (Å²) >= 11 is 0. The van der Waals surface area contributed by atoms with E-state index in [1.54, 1.807) is 30.6 Å². The van der Waals surface area contributed by atoms with Crippen molar-refractivity contribution in [1.29, 1.82) is 0 Å². The van der Waals surface area contributed by atoms with Gasteiger partial charge in [-0.05, 0) is 51.8 Å². The molecule has 1 radical (unpaired) electrons. The van der Waals surface area contributed by atoms with Crippen molar-refractivity contribution in [1.82, 2.24) is 14.8 Å². The van der Waals surface area contributed by atoms with Gasteiger partial charge >= 0.3 is 19.5 Å². The quantitative estimate of drug-likeness (QED) is 0.482. The van der Waals surface area contributed by atoms with Crippen LogP contribution >= 0.6 is 0 Å². The molecule has 7 heteroatoms. The molecule has 1 saturated heterocycles. The van der Waals surface area contributed by atoms with Gasteiger partial charge in [0.2, 0.25) is 0 Å². The Morgan fingerprint density at radius 3 is 2.19 bits per heavy atom. The summed E-state index contributed by atoms with van der Waals surface area (Å²) in [6.07, 6.45) is 13.2. The average Bonchev–Trinajstić information content (AvgIpc) is 2.95. The maximum Gasteiger partial charge on any atom is 3.00 e. The number of aliphatic hydroxyl groups is 2. The van der Waals surface area contributed by atoms with Crippen molar-refractivity contribution >= 4 is 0 Å². The van der Waals surface area contributed by atoms with Crippen LogP contribution in [-0.2, 0) is 19.5 Å². The predicted molar refractivity (Wildman–Crippen MR) is 135 cm³/mol. The molecule has 6 nitrogen and oxygen atoms in total. The second-order valence-electron chi connectivity index (χ2n) is 7.28. The predicted octanol–water partition coefficient (Wildman–Crippen LogP) is 5.59. The third-order valence-electron chi connectivity index (χ3n) is 4.34. The number of pyridine rings is 1. The fourth-order valence-corrected chi connectivity index (χ4v) is 2.44. The largest absolute Gasteiger partial charge is 3.00 e. The van der Waals surface area contributed by atoms with Crippen LogP contribution in [-0.4, -0.2) is 78.4 Å². The Morgan fingerprint density at radius 1 is 1.16 bits per heavy atom. The van der Waals surface area contributed by atoms with Gasteiger partial charge < -0.3 is 25.3 Å². The molecule has 2 heterocycles. The third kappa shape index (κ3) is 19.2. The van der Waals surface area contributed by atoms with Gasteiger partial charge in [0, 0.05) is 31.4 Å². The van der Waals surface area contributed by atoms with E-state index in [0.29, 0.717) is 6.42 Å². The molecular formula is C25H45N4O2Ru+2. The van der Waals surface area contributed by atoms with Crippen molar-refractivity contribution in [3.63, 3.8) is 0 Å². The number of hydrogen-bond donors (Lipinski definition) is 2. The van der Waals surface area contributed by atoms with E-state index in [9.17, 15) is 0 Å². The monoisotopic (exact) mass is 535 g/mol. The molecule has 0 amide bonds. The van der Waals surface area contributed by atoms with Crippen LogP contribution < -0.4 is 0 Å². The molecule has 1 unspecified atom stereocenters. The van der Waals surface area contributed by atoms with Gasteiger partial charge in [-0.3, -0.25) is 4.98 Å². The van der Waals surface area contributed by atoms with Crippen molar-refractivity contribution in [2.75, 3.05) is 47.3 Å². The van der Waals surface area contributed by atoms with E-state index >= 15 is 0 Å². The molecule has 1 fully saturated rings. The average molecular weight is 535 g/mol. The molecule has 0 bridgehead atoms. The molecule has 2 aliphatic rings.